The van der Waals surface area contributed by atoms with Crippen LogP contribution in [-0.4, -0.2) is 27.3 Å². The number of amides is 1. The van der Waals surface area contributed by atoms with E-state index in [-0.39, 0.29) is 5.91 Å². The summed E-state index contributed by atoms with van der Waals surface area (Å²) in [6.45, 7) is 1.35. The van der Waals surface area contributed by atoms with Crippen LogP contribution in [-0.2, 0) is 13.0 Å². The summed E-state index contributed by atoms with van der Waals surface area (Å²) in [6, 6.07) is 3.77. The van der Waals surface area contributed by atoms with E-state index in [9.17, 15) is 4.79 Å². The van der Waals surface area contributed by atoms with Crippen LogP contribution in [0.2, 0.25) is 0 Å². The number of nitrogens with zero attached hydrogens (tertiary/aromatic N) is 3. The Morgan fingerprint density at radius 3 is 3.24 bits per heavy atom. The van der Waals surface area contributed by atoms with E-state index in [1.165, 1.54) is 11.3 Å². The average molecular weight is 245 g/mol. The highest BCUT2D eigenvalue weighted by Crippen LogP contribution is 2.19. The zero-order chi connectivity index (χ0) is 11.7. The van der Waals surface area contributed by atoms with Crippen molar-refractivity contribution in [2.45, 2.75) is 13.0 Å². The Balaban J connectivity index is 1.83. The summed E-state index contributed by atoms with van der Waals surface area (Å²) >= 11 is 1.48. The van der Waals surface area contributed by atoms with Gasteiger partial charge in [0.2, 0.25) is 0 Å². The first-order valence-electron chi connectivity index (χ1n) is 5.45. The second-order valence-corrected chi connectivity index (χ2v) is 4.90. The molecule has 0 saturated carbocycles. The Kier molecular flexibility index (Phi) is 2.60. The van der Waals surface area contributed by atoms with Gasteiger partial charge in [0, 0.05) is 31.3 Å². The molecule has 2 aromatic heterocycles. The molecule has 0 aromatic carbocycles. The highest BCUT2D eigenvalue weighted by atomic mass is 32.1. The number of hydrogen-bond acceptors (Lipinski definition) is 4. The van der Waals surface area contributed by atoms with Crippen molar-refractivity contribution in [1.82, 2.24) is 14.9 Å². The molecule has 0 radical (unpaired) electrons. The van der Waals surface area contributed by atoms with Gasteiger partial charge in [-0.2, -0.15) is 0 Å². The largest absolute Gasteiger partial charge is 0.333 e. The predicted octanol–water partition coefficient (Wildman–Crippen LogP) is 1.74. The van der Waals surface area contributed by atoms with Gasteiger partial charge in [-0.15, -0.1) is 11.3 Å². The van der Waals surface area contributed by atoms with Gasteiger partial charge in [-0.25, -0.2) is 9.97 Å². The normalized spacial score (nSPS) is 14.5. The molecule has 1 aliphatic rings. The number of hydrogen-bond donors (Lipinski definition) is 0. The fraction of sp³-hybridized carbons (Fsp3) is 0.250. The van der Waals surface area contributed by atoms with E-state index in [1.807, 2.05) is 22.4 Å². The second kappa shape index (κ2) is 4.25. The van der Waals surface area contributed by atoms with Crippen molar-refractivity contribution in [3.05, 3.63) is 46.2 Å². The molecule has 17 heavy (non-hydrogen) atoms. The zero-order valence-corrected chi connectivity index (χ0v) is 9.98. The first kappa shape index (κ1) is 10.4. The standard InChI is InChI=1S/C12H11N3OS/c16-12(11-2-1-5-17-11)15-4-3-10-9(7-15)6-13-8-14-10/h1-2,5-6,8H,3-4,7H2. The van der Waals surface area contributed by atoms with Crippen LogP contribution in [0.1, 0.15) is 20.9 Å². The Bertz CT molecular complexity index is 538. The van der Waals surface area contributed by atoms with Gasteiger partial charge in [0.05, 0.1) is 10.6 Å². The minimum Gasteiger partial charge on any atom is -0.333 e. The molecular weight excluding hydrogens is 234 g/mol. The molecule has 3 heterocycles. The van der Waals surface area contributed by atoms with Gasteiger partial charge >= 0.3 is 0 Å². The summed E-state index contributed by atoms with van der Waals surface area (Å²) in [5, 5.41) is 1.92. The van der Waals surface area contributed by atoms with E-state index < -0.39 is 0 Å². The van der Waals surface area contributed by atoms with Gasteiger partial charge in [-0.05, 0) is 11.4 Å². The van der Waals surface area contributed by atoms with Crippen LogP contribution < -0.4 is 0 Å². The molecule has 1 aliphatic heterocycles. The number of fused-ring (bicyclic) bond motifs is 1. The Morgan fingerprint density at radius 1 is 1.47 bits per heavy atom. The van der Waals surface area contributed by atoms with E-state index in [0.717, 1.165) is 29.1 Å². The fourth-order valence-corrected chi connectivity index (χ4v) is 2.69. The average Bonchev–Trinajstić information content (AvgIpc) is 2.91. The van der Waals surface area contributed by atoms with E-state index in [0.29, 0.717) is 6.54 Å². The van der Waals surface area contributed by atoms with Crippen molar-refractivity contribution in [3.8, 4) is 0 Å². The second-order valence-electron chi connectivity index (χ2n) is 3.95. The molecule has 0 bridgehead atoms. The van der Waals surface area contributed by atoms with Gasteiger partial charge in [0.25, 0.3) is 5.91 Å². The molecule has 0 N–H and O–H groups in total. The summed E-state index contributed by atoms with van der Waals surface area (Å²) in [7, 11) is 0. The van der Waals surface area contributed by atoms with Gasteiger partial charge in [0.1, 0.15) is 6.33 Å². The Labute approximate surface area is 103 Å². The molecule has 0 unspecified atom stereocenters. The summed E-state index contributed by atoms with van der Waals surface area (Å²) in [6.07, 6.45) is 4.18. The molecule has 5 heteroatoms. The zero-order valence-electron chi connectivity index (χ0n) is 9.17. The van der Waals surface area contributed by atoms with Crippen molar-refractivity contribution in [3.63, 3.8) is 0 Å². The number of carbonyl (C=O) groups is 1. The molecule has 1 amide bonds. The van der Waals surface area contributed by atoms with E-state index >= 15 is 0 Å². The highest BCUT2D eigenvalue weighted by Gasteiger charge is 2.22. The minimum atomic E-state index is 0.106. The third kappa shape index (κ3) is 1.93. The summed E-state index contributed by atoms with van der Waals surface area (Å²) in [4.78, 5) is 23.1. The predicted molar refractivity (Wildman–Crippen MR) is 64.8 cm³/mol. The molecule has 0 spiro atoms. The van der Waals surface area contributed by atoms with Gasteiger partial charge < -0.3 is 4.90 Å². The third-order valence-electron chi connectivity index (χ3n) is 2.88. The lowest BCUT2D eigenvalue weighted by Gasteiger charge is -2.27. The Morgan fingerprint density at radius 2 is 2.41 bits per heavy atom. The van der Waals surface area contributed by atoms with Gasteiger partial charge in [-0.1, -0.05) is 6.07 Å². The molecule has 0 aliphatic carbocycles. The van der Waals surface area contributed by atoms with Crippen LogP contribution >= 0.6 is 11.3 Å². The van der Waals surface area contributed by atoms with Crippen molar-refractivity contribution >= 4 is 17.2 Å². The third-order valence-corrected chi connectivity index (χ3v) is 3.74. The lowest BCUT2D eigenvalue weighted by atomic mass is 10.1. The fourth-order valence-electron chi connectivity index (χ4n) is 2.00. The molecule has 2 aromatic rings. The lowest BCUT2D eigenvalue weighted by molar-refractivity contribution is 0.0738. The van der Waals surface area contributed by atoms with Gasteiger partial charge in [0.15, 0.2) is 0 Å². The quantitative estimate of drug-likeness (QED) is 0.768. The maximum absolute atomic E-state index is 12.2. The molecule has 0 atom stereocenters. The van der Waals surface area contributed by atoms with Crippen LogP contribution in [0, 0.1) is 0 Å². The maximum Gasteiger partial charge on any atom is 0.264 e. The van der Waals surface area contributed by atoms with Crippen molar-refractivity contribution in [2.75, 3.05) is 6.54 Å². The molecule has 0 saturated heterocycles. The molecule has 3 rings (SSSR count). The first-order chi connectivity index (χ1) is 8.34. The first-order valence-corrected chi connectivity index (χ1v) is 6.33. The van der Waals surface area contributed by atoms with Crippen LogP contribution in [0.15, 0.2) is 30.0 Å². The van der Waals surface area contributed by atoms with Crippen molar-refractivity contribution in [2.24, 2.45) is 0 Å². The number of thiophene rings is 1. The van der Waals surface area contributed by atoms with Crippen LogP contribution in [0.25, 0.3) is 0 Å². The van der Waals surface area contributed by atoms with Crippen molar-refractivity contribution in [1.29, 1.82) is 0 Å². The van der Waals surface area contributed by atoms with Crippen LogP contribution in [0.3, 0.4) is 0 Å². The number of aromatic nitrogens is 2. The molecule has 0 fully saturated rings. The van der Waals surface area contributed by atoms with E-state index in [4.69, 9.17) is 0 Å². The van der Waals surface area contributed by atoms with E-state index in [1.54, 1.807) is 12.5 Å². The molecule has 4 nitrogen and oxygen atoms in total. The van der Waals surface area contributed by atoms with Crippen LogP contribution in [0.4, 0.5) is 0 Å². The monoisotopic (exact) mass is 245 g/mol. The highest BCUT2D eigenvalue weighted by molar-refractivity contribution is 7.12. The lowest BCUT2D eigenvalue weighted by Crippen LogP contribution is -2.36. The molecule has 86 valence electrons. The van der Waals surface area contributed by atoms with Gasteiger partial charge in [-0.3, -0.25) is 4.79 Å². The number of carbonyl (C=O) groups excluding carboxylic acids is 1. The van der Waals surface area contributed by atoms with Crippen molar-refractivity contribution < 1.29 is 4.79 Å². The van der Waals surface area contributed by atoms with Crippen LogP contribution in [0.5, 0.6) is 0 Å². The number of rotatable bonds is 1. The molecular formula is C12H11N3OS. The smallest absolute Gasteiger partial charge is 0.264 e. The summed E-state index contributed by atoms with van der Waals surface area (Å²) in [5.74, 6) is 0.106. The minimum absolute atomic E-state index is 0.106. The SMILES string of the molecule is O=C(c1cccs1)N1CCc2ncncc2C1. The Hall–Kier alpha value is -1.75. The maximum atomic E-state index is 12.2. The summed E-state index contributed by atoms with van der Waals surface area (Å²) < 4.78 is 0. The topological polar surface area (TPSA) is 46.1 Å². The van der Waals surface area contributed by atoms with E-state index in [2.05, 4.69) is 9.97 Å². The summed E-state index contributed by atoms with van der Waals surface area (Å²) in [5.41, 5.74) is 2.12.